The van der Waals surface area contributed by atoms with E-state index in [-0.39, 0.29) is 0 Å². The van der Waals surface area contributed by atoms with Crippen molar-refractivity contribution in [3.63, 3.8) is 0 Å². The number of halogens is 1. The zero-order valence-corrected chi connectivity index (χ0v) is 22.0. The summed E-state index contributed by atoms with van der Waals surface area (Å²) in [5, 5.41) is 10.4. The van der Waals surface area contributed by atoms with Crippen LogP contribution in [0.1, 0.15) is 6.92 Å². The Morgan fingerprint density at radius 3 is 2.45 bits per heavy atom. The predicted octanol–water partition coefficient (Wildman–Crippen LogP) is 6.03. The molecule has 0 aliphatic carbocycles. The second-order valence-electron chi connectivity index (χ2n) is 8.94. The minimum absolute atomic E-state index is 0.297. The summed E-state index contributed by atoms with van der Waals surface area (Å²) in [4.78, 5) is 10.7. The highest BCUT2D eigenvalue weighted by Crippen LogP contribution is 2.36. The van der Waals surface area contributed by atoms with E-state index < -0.39 is 8.07 Å². The molecule has 2 heterocycles. The molecule has 172 valence electrons. The topological polar surface area (TPSA) is 75.0 Å². The number of nitrogens with zero attached hydrogens (tertiary/aromatic N) is 5. The van der Waals surface area contributed by atoms with Crippen LogP contribution < -0.4 is 4.74 Å². The summed E-state index contributed by atoms with van der Waals surface area (Å²) in [5.41, 5.74) is 3.92. The van der Waals surface area contributed by atoms with Gasteiger partial charge in [0, 0.05) is 31.7 Å². The van der Waals surface area contributed by atoms with Crippen molar-refractivity contribution in [1.82, 2.24) is 25.0 Å². The maximum Gasteiger partial charge on any atom is 0.158 e. The van der Waals surface area contributed by atoms with Crippen molar-refractivity contribution in [2.24, 2.45) is 0 Å². The summed E-state index contributed by atoms with van der Waals surface area (Å²) in [5.74, 6) is 0.748. The van der Waals surface area contributed by atoms with Crippen LogP contribution >= 0.6 is 15.9 Å². The molecule has 0 aliphatic heterocycles. The van der Waals surface area contributed by atoms with Crippen molar-refractivity contribution in [2.45, 2.75) is 39.3 Å². The molecule has 0 unspecified atom stereocenters. The average Bonchev–Trinajstić information content (AvgIpc) is 3.21. The number of benzene rings is 2. The Hall–Kier alpha value is -2.62. The van der Waals surface area contributed by atoms with Crippen molar-refractivity contribution in [1.29, 1.82) is 0 Å². The molecule has 0 N–H and O–H groups in total. The molecule has 4 aromatic rings. The van der Waals surface area contributed by atoms with E-state index in [0.29, 0.717) is 25.6 Å². The predicted molar refractivity (Wildman–Crippen MR) is 137 cm³/mol. The Balaban J connectivity index is 1.75. The van der Waals surface area contributed by atoms with Crippen LogP contribution in [0.4, 0.5) is 0 Å². The van der Waals surface area contributed by atoms with Crippen LogP contribution in [0.5, 0.6) is 5.75 Å². The van der Waals surface area contributed by atoms with Gasteiger partial charge in [-0.3, -0.25) is 0 Å². The third-order valence-electron chi connectivity index (χ3n) is 5.12. The van der Waals surface area contributed by atoms with E-state index in [1.807, 2.05) is 49.4 Å². The van der Waals surface area contributed by atoms with E-state index in [2.05, 4.69) is 45.5 Å². The second kappa shape index (κ2) is 10.1. The van der Waals surface area contributed by atoms with Gasteiger partial charge in [0.2, 0.25) is 0 Å². The summed E-state index contributed by atoms with van der Waals surface area (Å²) in [7, 11) is -1.16. The standard InChI is InChI=1S/C24H28BrN5O2Si/c1-5-32-21-14-20-18(13-19(21)25)23(27-15-26-20)24-22(17-9-7-6-8-10-17)28-30(29-24)16-31-11-12-33(2,3)4/h6-10,13-15H,5,11-12,16H2,1-4H3. The van der Waals surface area contributed by atoms with Gasteiger partial charge in [-0.1, -0.05) is 50.0 Å². The van der Waals surface area contributed by atoms with E-state index in [1.165, 1.54) is 0 Å². The van der Waals surface area contributed by atoms with Gasteiger partial charge in [0.25, 0.3) is 0 Å². The summed E-state index contributed by atoms with van der Waals surface area (Å²) in [6.07, 6.45) is 1.56. The molecule has 0 amide bonds. The normalized spacial score (nSPS) is 11.8. The fourth-order valence-corrected chi connectivity index (χ4v) is 4.61. The highest BCUT2D eigenvalue weighted by molar-refractivity contribution is 9.10. The quantitative estimate of drug-likeness (QED) is 0.196. The number of hydrogen-bond acceptors (Lipinski definition) is 6. The first-order chi connectivity index (χ1) is 15.9. The van der Waals surface area contributed by atoms with Crippen LogP contribution in [0, 0.1) is 0 Å². The first-order valence-electron chi connectivity index (χ1n) is 11.0. The molecule has 0 fully saturated rings. The number of rotatable bonds is 9. The monoisotopic (exact) mass is 525 g/mol. The molecule has 33 heavy (non-hydrogen) atoms. The van der Waals surface area contributed by atoms with Crippen molar-refractivity contribution in [3.8, 4) is 28.4 Å². The maximum atomic E-state index is 5.90. The number of hydrogen-bond donors (Lipinski definition) is 0. The van der Waals surface area contributed by atoms with E-state index in [4.69, 9.17) is 19.7 Å². The molecule has 2 aromatic carbocycles. The molecule has 0 saturated carbocycles. The first-order valence-corrected chi connectivity index (χ1v) is 15.5. The van der Waals surface area contributed by atoms with Crippen LogP contribution in [-0.4, -0.2) is 46.2 Å². The fourth-order valence-electron chi connectivity index (χ4n) is 3.39. The van der Waals surface area contributed by atoms with Crippen molar-refractivity contribution in [3.05, 3.63) is 53.3 Å². The lowest BCUT2D eigenvalue weighted by Gasteiger charge is -2.14. The Morgan fingerprint density at radius 2 is 1.73 bits per heavy atom. The average molecular weight is 527 g/mol. The zero-order chi connectivity index (χ0) is 23.4. The van der Waals surface area contributed by atoms with Gasteiger partial charge in [0.05, 0.1) is 16.6 Å². The minimum Gasteiger partial charge on any atom is -0.493 e. The molecule has 7 nitrogen and oxygen atoms in total. The fraction of sp³-hybridized carbons (Fsp3) is 0.333. The minimum atomic E-state index is -1.16. The van der Waals surface area contributed by atoms with E-state index in [9.17, 15) is 0 Å². The summed E-state index contributed by atoms with van der Waals surface area (Å²) >= 11 is 3.61. The summed E-state index contributed by atoms with van der Waals surface area (Å²) < 4.78 is 12.5. The molecule has 4 rings (SSSR count). The van der Waals surface area contributed by atoms with E-state index in [1.54, 1.807) is 11.1 Å². The van der Waals surface area contributed by atoms with E-state index in [0.717, 1.165) is 44.1 Å². The highest BCUT2D eigenvalue weighted by atomic mass is 79.9. The molecule has 0 bridgehead atoms. The molecular weight excluding hydrogens is 498 g/mol. The highest BCUT2D eigenvalue weighted by Gasteiger charge is 2.20. The van der Waals surface area contributed by atoms with Crippen LogP contribution in [0.2, 0.25) is 25.7 Å². The van der Waals surface area contributed by atoms with Gasteiger partial charge in [-0.25, -0.2) is 9.97 Å². The molecule has 0 atom stereocenters. The SMILES string of the molecule is CCOc1cc2ncnc(-c3nn(COCC[Si](C)(C)C)nc3-c3ccccc3)c2cc1Br. The number of ether oxygens (including phenoxy) is 2. The summed E-state index contributed by atoms with van der Waals surface area (Å²) in [6, 6.07) is 15.0. The first kappa shape index (κ1) is 23.5. The Kier molecular flexibility index (Phi) is 7.21. The molecule has 0 aliphatic rings. The van der Waals surface area contributed by atoms with E-state index >= 15 is 0 Å². The third kappa shape index (κ3) is 5.66. The molecule has 2 aromatic heterocycles. The van der Waals surface area contributed by atoms with Gasteiger partial charge >= 0.3 is 0 Å². The molecule has 0 spiro atoms. The van der Waals surface area contributed by atoms with Crippen LogP contribution in [-0.2, 0) is 11.5 Å². The number of aromatic nitrogens is 5. The lowest BCUT2D eigenvalue weighted by molar-refractivity contribution is 0.0688. The Morgan fingerprint density at radius 1 is 0.970 bits per heavy atom. The Labute approximate surface area is 203 Å². The Bertz CT molecular complexity index is 1240. The molecule has 9 heteroatoms. The van der Waals surface area contributed by atoms with Crippen LogP contribution in [0.25, 0.3) is 33.5 Å². The lowest BCUT2D eigenvalue weighted by atomic mass is 10.1. The van der Waals surface area contributed by atoms with Gasteiger partial charge in [0.1, 0.15) is 29.2 Å². The molecule has 0 saturated heterocycles. The van der Waals surface area contributed by atoms with Gasteiger partial charge in [-0.05, 0) is 35.0 Å². The summed E-state index contributed by atoms with van der Waals surface area (Å²) in [6.45, 7) is 10.5. The van der Waals surface area contributed by atoms with Crippen molar-refractivity contribution in [2.75, 3.05) is 13.2 Å². The van der Waals surface area contributed by atoms with Crippen LogP contribution in [0.15, 0.2) is 53.3 Å². The second-order valence-corrected chi connectivity index (χ2v) is 15.4. The smallest absolute Gasteiger partial charge is 0.158 e. The number of fused-ring (bicyclic) bond motifs is 1. The van der Waals surface area contributed by atoms with Gasteiger partial charge in [-0.15, -0.1) is 5.10 Å². The molecular formula is C24H28BrN5O2Si. The van der Waals surface area contributed by atoms with Crippen molar-refractivity contribution >= 4 is 34.9 Å². The van der Waals surface area contributed by atoms with Gasteiger partial charge < -0.3 is 9.47 Å². The maximum absolute atomic E-state index is 5.90. The zero-order valence-electron chi connectivity index (χ0n) is 19.4. The third-order valence-corrected chi connectivity index (χ3v) is 7.44. The van der Waals surface area contributed by atoms with Crippen LogP contribution in [0.3, 0.4) is 0 Å². The molecule has 0 radical (unpaired) electrons. The lowest BCUT2D eigenvalue weighted by Crippen LogP contribution is -2.22. The van der Waals surface area contributed by atoms with Gasteiger partial charge in [-0.2, -0.15) is 9.90 Å². The van der Waals surface area contributed by atoms with Gasteiger partial charge in [0.15, 0.2) is 6.73 Å². The largest absolute Gasteiger partial charge is 0.493 e. The van der Waals surface area contributed by atoms with Crippen molar-refractivity contribution < 1.29 is 9.47 Å².